The standard InChI is InChI=1S/C19H36N2/c1-15-12-16-8-6-9-19(2,3)18(16)13-17(15)14-20-10-7-11-21(4)5/h15,17,20H,6-14H2,1-5H3/t15-,17-/m1/s1. The van der Waals surface area contributed by atoms with E-state index in [0.717, 1.165) is 18.4 Å². The second kappa shape index (κ2) is 7.28. The third-order valence-electron chi connectivity index (χ3n) is 5.73. The second-order valence-electron chi connectivity index (χ2n) is 8.33. The molecular formula is C19H36N2. The van der Waals surface area contributed by atoms with Crippen LogP contribution in [0.4, 0.5) is 0 Å². The fraction of sp³-hybridized carbons (Fsp3) is 0.895. The lowest BCUT2D eigenvalue weighted by atomic mass is 9.63. The lowest BCUT2D eigenvalue weighted by Gasteiger charge is -2.43. The molecule has 0 saturated heterocycles. The zero-order valence-corrected chi connectivity index (χ0v) is 15.0. The Hall–Kier alpha value is -0.340. The van der Waals surface area contributed by atoms with E-state index >= 15 is 0 Å². The van der Waals surface area contributed by atoms with Gasteiger partial charge in [0, 0.05) is 0 Å². The number of hydrogen-bond acceptors (Lipinski definition) is 2. The van der Waals surface area contributed by atoms with Crippen molar-refractivity contribution in [2.45, 2.75) is 59.3 Å². The van der Waals surface area contributed by atoms with Gasteiger partial charge in [0.15, 0.2) is 0 Å². The number of nitrogens with zero attached hydrogens (tertiary/aromatic N) is 1. The molecule has 122 valence electrons. The van der Waals surface area contributed by atoms with Crippen LogP contribution in [-0.4, -0.2) is 38.6 Å². The summed E-state index contributed by atoms with van der Waals surface area (Å²) in [7, 11) is 4.31. The molecule has 2 aliphatic carbocycles. The third kappa shape index (κ3) is 4.56. The Balaban J connectivity index is 1.84. The molecule has 2 aliphatic rings. The van der Waals surface area contributed by atoms with E-state index in [9.17, 15) is 0 Å². The zero-order valence-electron chi connectivity index (χ0n) is 15.0. The molecule has 0 spiro atoms. The molecule has 21 heavy (non-hydrogen) atoms. The highest BCUT2D eigenvalue weighted by Crippen LogP contribution is 2.49. The van der Waals surface area contributed by atoms with Gasteiger partial charge in [-0.15, -0.1) is 0 Å². The summed E-state index contributed by atoms with van der Waals surface area (Å²) in [6.07, 6.45) is 8.15. The minimum Gasteiger partial charge on any atom is -0.316 e. The summed E-state index contributed by atoms with van der Waals surface area (Å²) in [6.45, 7) is 11.0. The van der Waals surface area contributed by atoms with Gasteiger partial charge >= 0.3 is 0 Å². The maximum absolute atomic E-state index is 3.71. The zero-order chi connectivity index (χ0) is 15.5. The summed E-state index contributed by atoms with van der Waals surface area (Å²) in [6, 6.07) is 0. The van der Waals surface area contributed by atoms with Gasteiger partial charge in [0.05, 0.1) is 0 Å². The summed E-state index contributed by atoms with van der Waals surface area (Å²) in [5, 5.41) is 3.71. The average Bonchev–Trinajstić information content (AvgIpc) is 2.38. The smallest absolute Gasteiger partial charge is 0.00127 e. The lowest BCUT2D eigenvalue weighted by Crippen LogP contribution is -2.35. The Bertz CT molecular complexity index is 368. The van der Waals surface area contributed by atoms with E-state index in [-0.39, 0.29) is 0 Å². The monoisotopic (exact) mass is 292 g/mol. The first-order valence-electron chi connectivity index (χ1n) is 8.97. The Morgan fingerprint density at radius 1 is 1.24 bits per heavy atom. The van der Waals surface area contributed by atoms with E-state index in [1.807, 2.05) is 11.1 Å². The highest BCUT2D eigenvalue weighted by atomic mass is 15.1. The fourth-order valence-corrected chi connectivity index (χ4v) is 4.27. The van der Waals surface area contributed by atoms with Crippen LogP contribution < -0.4 is 5.32 Å². The maximum atomic E-state index is 3.71. The van der Waals surface area contributed by atoms with Crippen LogP contribution in [0.15, 0.2) is 11.1 Å². The van der Waals surface area contributed by atoms with E-state index in [2.05, 4.69) is 45.1 Å². The maximum Gasteiger partial charge on any atom is -0.00127 e. The molecule has 0 aromatic heterocycles. The van der Waals surface area contributed by atoms with E-state index < -0.39 is 0 Å². The Morgan fingerprint density at radius 2 is 2.00 bits per heavy atom. The van der Waals surface area contributed by atoms with Crippen molar-refractivity contribution in [2.75, 3.05) is 33.7 Å². The summed E-state index contributed by atoms with van der Waals surface area (Å²) < 4.78 is 0. The first-order chi connectivity index (χ1) is 9.90. The summed E-state index contributed by atoms with van der Waals surface area (Å²) in [5.41, 5.74) is 4.12. The van der Waals surface area contributed by atoms with Crippen LogP contribution in [0.25, 0.3) is 0 Å². The van der Waals surface area contributed by atoms with Crippen molar-refractivity contribution in [3.8, 4) is 0 Å². The molecule has 0 fully saturated rings. The quantitative estimate of drug-likeness (QED) is 0.586. The highest BCUT2D eigenvalue weighted by Gasteiger charge is 2.36. The third-order valence-corrected chi connectivity index (χ3v) is 5.73. The first-order valence-corrected chi connectivity index (χ1v) is 8.97. The van der Waals surface area contributed by atoms with Crippen molar-refractivity contribution in [3.05, 3.63) is 11.1 Å². The van der Waals surface area contributed by atoms with Crippen LogP contribution in [0.2, 0.25) is 0 Å². The average molecular weight is 293 g/mol. The Morgan fingerprint density at radius 3 is 2.71 bits per heavy atom. The normalized spacial score (nSPS) is 28.9. The number of nitrogens with one attached hydrogen (secondary N) is 1. The molecule has 0 aromatic carbocycles. The second-order valence-corrected chi connectivity index (χ2v) is 8.33. The molecule has 0 unspecified atom stereocenters. The van der Waals surface area contributed by atoms with Crippen molar-refractivity contribution in [1.29, 1.82) is 0 Å². The summed E-state index contributed by atoms with van der Waals surface area (Å²) >= 11 is 0. The van der Waals surface area contributed by atoms with Crippen LogP contribution in [0.1, 0.15) is 59.3 Å². The van der Waals surface area contributed by atoms with E-state index in [1.54, 1.807) is 0 Å². The van der Waals surface area contributed by atoms with E-state index in [0.29, 0.717) is 5.41 Å². The molecule has 2 rings (SSSR count). The molecule has 0 bridgehead atoms. The highest BCUT2D eigenvalue weighted by molar-refractivity contribution is 5.27. The van der Waals surface area contributed by atoms with Gasteiger partial charge in [-0.2, -0.15) is 0 Å². The van der Waals surface area contributed by atoms with Gasteiger partial charge < -0.3 is 10.2 Å². The van der Waals surface area contributed by atoms with Crippen LogP contribution in [0.3, 0.4) is 0 Å². The molecule has 0 heterocycles. The van der Waals surface area contributed by atoms with E-state index in [1.165, 1.54) is 51.6 Å². The number of allylic oxidation sites excluding steroid dienone is 2. The van der Waals surface area contributed by atoms with Gasteiger partial charge in [0.2, 0.25) is 0 Å². The minimum atomic E-state index is 0.469. The molecule has 0 aliphatic heterocycles. The van der Waals surface area contributed by atoms with Crippen molar-refractivity contribution in [2.24, 2.45) is 17.3 Å². The topological polar surface area (TPSA) is 15.3 Å². The van der Waals surface area contributed by atoms with Crippen molar-refractivity contribution in [3.63, 3.8) is 0 Å². The van der Waals surface area contributed by atoms with Gasteiger partial charge in [-0.25, -0.2) is 0 Å². The fourth-order valence-electron chi connectivity index (χ4n) is 4.27. The summed E-state index contributed by atoms with van der Waals surface area (Å²) in [5.74, 6) is 1.71. The Labute approximate surface area is 132 Å². The van der Waals surface area contributed by atoms with Gasteiger partial charge in [-0.05, 0) is 89.5 Å². The van der Waals surface area contributed by atoms with E-state index in [4.69, 9.17) is 0 Å². The van der Waals surface area contributed by atoms with Gasteiger partial charge in [-0.1, -0.05) is 31.9 Å². The molecule has 0 aromatic rings. The largest absolute Gasteiger partial charge is 0.316 e. The van der Waals surface area contributed by atoms with Crippen molar-refractivity contribution >= 4 is 0 Å². The van der Waals surface area contributed by atoms with Gasteiger partial charge in [0.1, 0.15) is 0 Å². The number of rotatable bonds is 6. The van der Waals surface area contributed by atoms with Crippen LogP contribution in [0.5, 0.6) is 0 Å². The van der Waals surface area contributed by atoms with Gasteiger partial charge in [-0.3, -0.25) is 0 Å². The molecule has 0 amide bonds. The van der Waals surface area contributed by atoms with Crippen LogP contribution in [0, 0.1) is 17.3 Å². The predicted molar refractivity (Wildman–Crippen MR) is 92.6 cm³/mol. The molecule has 0 saturated carbocycles. The van der Waals surface area contributed by atoms with Crippen molar-refractivity contribution < 1.29 is 0 Å². The predicted octanol–water partition coefficient (Wildman–Crippen LogP) is 4.08. The molecule has 2 heteroatoms. The van der Waals surface area contributed by atoms with Crippen LogP contribution >= 0.6 is 0 Å². The van der Waals surface area contributed by atoms with Crippen molar-refractivity contribution in [1.82, 2.24) is 10.2 Å². The molecule has 2 nitrogen and oxygen atoms in total. The Kier molecular flexibility index (Phi) is 5.90. The molecule has 2 atom stereocenters. The van der Waals surface area contributed by atoms with Gasteiger partial charge in [0.25, 0.3) is 0 Å². The van der Waals surface area contributed by atoms with Crippen LogP contribution in [-0.2, 0) is 0 Å². The molecule has 1 N–H and O–H groups in total. The summed E-state index contributed by atoms with van der Waals surface area (Å²) in [4.78, 5) is 2.27. The lowest BCUT2D eigenvalue weighted by molar-refractivity contribution is 0.250. The first kappa shape index (κ1) is 17.0. The molecule has 0 radical (unpaired) electrons. The number of hydrogen-bond donors (Lipinski definition) is 1. The molecular weight excluding hydrogens is 256 g/mol. The SMILES string of the molecule is C[C@@H]1CC2=C(C[C@@H]1CNCCCN(C)C)C(C)(C)CCC2. The minimum absolute atomic E-state index is 0.469.